The third-order valence-electron chi connectivity index (χ3n) is 4.08. The molecule has 0 unspecified atom stereocenters. The Morgan fingerprint density at radius 3 is 2.34 bits per heavy atom. The second-order valence-corrected chi connectivity index (χ2v) is 7.83. The first kappa shape index (κ1) is 28.8. The lowest BCUT2D eigenvalue weighted by atomic mass is 10.1. The summed E-state index contributed by atoms with van der Waals surface area (Å²) in [5, 5.41) is 13.3. The molecule has 0 atom stereocenters. The van der Waals surface area contributed by atoms with Gasteiger partial charge >= 0.3 is 12.1 Å². The molecule has 2 rings (SSSR count). The molecule has 3 N–H and O–H groups in total. The van der Waals surface area contributed by atoms with Gasteiger partial charge in [-0.05, 0) is 51.8 Å². The van der Waals surface area contributed by atoms with Gasteiger partial charge in [-0.2, -0.15) is 0 Å². The summed E-state index contributed by atoms with van der Waals surface area (Å²) in [6.45, 7) is 16.9. The first-order valence-electron chi connectivity index (χ1n) is 10.9. The largest absolute Gasteiger partial charge is 0.464 e. The number of esters is 1. The van der Waals surface area contributed by atoms with Crippen molar-refractivity contribution in [1.82, 2.24) is 4.98 Å². The van der Waals surface area contributed by atoms with E-state index >= 15 is 0 Å². The van der Waals surface area contributed by atoms with Gasteiger partial charge in [-0.1, -0.05) is 32.6 Å². The van der Waals surface area contributed by atoms with Gasteiger partial charge in [-0.3, -0.25) is 10.3 Å². The number of anilines is 2. The Bertz CT molecular complexity index is 1100. The topological polar surface area (TPSA) is 126 Å². The highest BCUT2D eigenvalue weighted by atomic mass is 16.6. The Labute approximate surface area is 206 Å². The highest BCUT2D eigenvalue weighted by Crippen LogP contribution is 2.25. The summed E-state index contributed by atoms with van der Waals surface area (Å²) in [6.07, 6.45) is 3.65. The number of amides is 1. The fourth-order valence-electron chi connectivity index (χ4n) is 2.66. The van der Waals surface area contributed by atoms with Gasteiger partial charge in [0.05, 0.1) is 30.4 Å². The van der Waals surface area contributed by atoms with E-state index in [9.17, 15) is 9.59 Å². The van der Waals surface area contributed by atoms with Crippen LogP contribution in [0, 0.1) is 5.41 Å². The molecule has 186 valence electrons. The zero-order valence-corrected chi connectivity index (χ0v) is 21.1. The number of aromatic nitrogens is 1. The van der Waals surface area contributed by atoms with Crippen molar-refractivity contribution in [3.05, 3.63) is 71.7 Å². The number of carbonyl (C=O) groups excluding carboxylic acids is 2. The Morgan fingerprint density at radius 2 is 1.83 bits per heavy atom. The van der Waals surface area contributed by atoms with Crippen LogP contribution in [0.25, 0.3) is 5.70 Å². The molecule has 1 heterocycles. The van der Waals surface area contributed by atoms with Crippen molar-refractivity contribution >= 4 is 42.1 Å². The number of nitrogens with one attached hydrogen (secondary N) is 3. The number of benzene rings is 1. The number of hydrogen-bond donors (Lipinski definition) is 3. The summed E-state index contributed by atoms with van der Waals surface area (Å²) >= 11 is 0. The average molecular weight is 480 g/mol. The van der Waals surface area contributed by atoms with E-state index in [1.165, 1.54) is 19.4 Å². The number of aliphatic imine (C=N–C) groups is 1. The van der Waals surface area contributed by atoms with E-state index in [4.69, 9.17) is 10.1 Å². The maximum Gasteiger partial charge on any atom is 0.412 e. The van der Waals surface area contributed by atoms with Crippen LogP contribution >= 0.6 is 0 Å². The van der Waals surface area contributed by atoms with E-state index in [-0.39, 0.29) is 5.69 Å². The van der Waals surface area contributed by atoms with Crippen LogP contribution < -0.4 is 10.6 Å². The van der Waals surface area contributed by atoms with E-state index in [2.05, 4.69) is 38.6 Å². The predicted octanol–water partition coefficient (Wildman–Crippen LogP) is 5.91. The number of allylic oxidation sites excluding steroid dienone is 1. The maximum atomic E-state index is 12.2. The minimum atomic E-state index is -0.659. The summed E-state index contributed by atoms with van der Waals surface area (Å²) in [6, 6.07) is 8.30. The Hall–Kier alpha value is -4.27. The number of pyridine rings is 1. The van der Waals surface area contributed by atoms with Crippen molar-refractivity contribution < 1.29 is 19.1 Å². The quantitative estimate of drug-likeness (QED) is 0.246. The van der Waals surface area contributed by atoms with Crippen LogP contribution in [0.15, 0.2) is 59.9 Å². The average Bonchev–Trinajstić information content (AvgIpc) is 2.82. The van der Waals surface area contributed by atoms with Gasteiger partial charge in [0, 0.05) is 23.0 Å². The zero-order valence-electron chi connectivity index (χ0n) is 21.1. The SMILES string of the molecule is C=N/C(=C\C(=C)Nc1ccc(C(=O)OC)nc1)c1ccc(C=N)c(NC(=O)OC(C)(C)C)c1.CC. The summed E-state index contributed by atoms with van der Waals surface area (Å²) < 4.78 is 9.93. The van der Waals surface area contributed by atoms with Gasteiger partial charge in [0.1, 0.15) is 11.3 Å². The lowest BCUT2D eigenvalue weighted by Crippen LogP contribution is -2.27. The Kier molecular flexibility index (Phi) is 11.0. The molecule has 0 spiro atoms. The lowest BCUT2D eigenvalue weighted by molar-refractivity contribution is 0.0592. The first-order chi connectivity index (χ1) is 16.6. The summed E-state index contributed by atoms with van der Waals surface area (Å²) in [4.78, 5) is 31.8. The number of carbonyl (C=O) groups is 2. The van der Waals surface area contributed by atoms with Crippen LogP contribution in [0.5, 0.6) is 0 Å². The van der Waals surface area contributed by atoms with Crippen LogP contribution in [-0.2, 0) is 9.47 Å². The van der Waals surface area contributed by atoms with Gasteiger partial charge in [-0.15, -0.1) is 0 Å². The molecular weight excluding hydrogens is 446 g/mol. The second-order valence-electron chi connectivity index (χ2n) is 7.83. The third-order valence-corrected chi connectivity index (χ3v) is 4.08. The first-order valence-corrected chi connectivity index (χ1v) is 10.9. The Balaban J connectivity index is 0.00000298. The molecule has 0 aliphatic carbocycles. The minimum absolute atomic E-state index is 0.189. The number of rotatable bonds is 8. The molecule has 9 heteroatoms. The molecule has 0 saturated heterocycles. The fraction of sp³-hybridized carbons (Fsp3) is 0.269. The van der Waals surface area contributed by atoms with Crippen molar-refractivity contribution in [2.45, 2.75) is 40.2 Å². The van der Waals surface area contributed by atoms with E-state index < -0.39 is 17.7 Å². The molecule has 0 aliphatic heterocycles. The number of ether oxygens (including phenoxy) is 2. The highest BCUT2D eigenvalue weighted by molar-refractivity contribution is 5.95. The van der Waals surface area contributed by atoms with Crippen molar-refractivity contribution in [1.29, 1.82) is 5.41 Å². The molecule has 1 aromatic carbocycles. The molecule has 1 amide bonds. The number of methoxy groups -OCH3 is 1. The molecule has 9 nitrogen and oxygen atoms in total. The van der Waals surface area contributed by atoms with Gasteiger partial charge in [0.25, 0.3) is 0 Å². The highest BCUT2D eigenvalue weighted by Gasteiger charge is 2.17. The molecule has 0 saturated carbocycles. The van der Waals surface area contributed by atoms with Crippen LogP contribution in [0.1, 0.15) is 56.2 Å². The molecule has 1 aromatic heterocycles. The zero-order chi connectivity index (χ0) is 26.6. The molecule has 0 radical (unpaired) electrons. The second kappa shape index (κ2) is 13.4. The van der Waals surface area contributed by atoms with Crippen molar-refractivity contribution in [3.8, 4) is 0 Å². The van der Waals surface area contributed by atoms with Gasteiger partial charge < -0.3 is 20.2 Å². The molecule has 0 bridgehead atoms. The van der Waals surface area contributed by atoms with E-state index in [0.29, 0.717) is 33.9 Å². The summed E-state index contributed by atoms with van der Waals surface area (Å²) in [7, 11) is 1.29. The smallest absolute Gasteiger partial charge is 0.412 e. The summed E-state index contributed by atoms with van der Waals surface area (Å²) in [5.74, 6) is -0.525. The lowest BCUT2D eigenvalue weighted by Gasteiger charge is -2.20. The molecule has 0 fully saturated rings. The minimum Gasteiger partial charge on any atom is -0.464 e. The van der Waals surface area contributed by atoms with Gasteiger partial charge in [0.15, 0.2) is 0 Å². The van der Waals surface area contributed by atoms with Crippen LogP contribution in [0.4, 0.5) is 16.2 Å². The fourth-order valence-corrected chi connectivity index (χ4v) is 2.66. The number of hydrogen-bond acceptors (Lipinski definition) is 8. The predicted molar refractivity (Wildman–Crippen MR) is 141 cm³/mol. The van der Waals surface area contributed by atoms with Crippen LogP contribution in [0.2, 0.25) is 0 Å². The van der Waals surface area contributed by atoms with Crippen molar-refractivity contribution in [3.63, 3.8) is 0 Å². The third kappa shape index (κ3) is 9.24. The van der Waals surface area contributed by atoms with Crippen LogP contribution in [0.3, 0.4) is 0 Å². The molecule has 35 heavy (non-hydrogen) atoms. The maximum absolute atomic E-state index is 12.2. The standard InChI is InChI=1S/C24H27N5O4.C2H6/c1-15(28-18-9-10-19(27-14-18)22(30)32-6)11-20(26-5)16-7-8-17(13-25)21(12-16)29-23(31)33-24(2,3)4;1-2/h7-14,25,28H,1,5H2,2-4,6H3,(H,29,31);1-2H3/b20-11-,25-13?;. The number of nitrogens with zero attached hydrogens (tertiary/aromatic N) is 2. The van der Waals surface area contributed by atoms with Crippen molar-refractivity contribution in [2.75, 3.05) is 17.7 Å². The molecular formula is C26H33N5O4. The molecule has 2 aromatic rings. The van der Waals surface area contributed by atoms with Crippen LogP contribution in [-0.4, -0.2) is 42.7 Å². The normalized spacial score (nSPS) is 10.7. The van der Waals surface area contributed by atoms with E-state index in [0.717, 1.165) is 6.21 Å². The van der Waals surface area contributed by atoms with Gasteiger partial charge in [-0.25, -0.2) is 14.6 Å². The monoisotopic (exact) mass is 479 g/mol. The Morgan fingerprint density at radius 1 is 1.14 bits per heavy atom. The van der Waals surface area contributed by atoms with Gasteiger partial charge in [0.2, 0.25) is 0 Å². The van der Waals surface area contributed by atoms with E-state index in [1.807, 2.05) is 13.8 Å². The van der Waals surface area contributed by atoms with Crippen molar-refractivity contribution in [2.24, 2.45) is 4.99 Å². The van der Waals surface area contributed by atoms with E-state index in [1.54, 1.807) is 51.1 Å². The molecule has 0 aliphatic rings. The summed E-state index contributed by atoms with van der Waals surface area (Å²) in [5.41, 5.74) is 2.65.